The van der Waals surface area contributed by atoms with Gasteiger partial charge in [0.05, 0.1) is 17.5 Å². The average Bonchev–Trinajstić information content (AvgIpc) is 2.30. The molecule has 94 valence electrons. The molecule has 0 saturated heterocycles. The van der Waals surface area contributed by atoms with Crippen LogP contribution in [0, 0.1) is 5.82 Å². The van der Waals surface area contributed by atoms with Gasteiger partial charge < -0.3 is 0 Å². The maximum atomic E-state index is 12.8. The molecule has 0 saturated carbocycles. The summed E-state index contributed by atoms with van der Waals surface area (Å²) in [5.41, 5.74) is -0.438. The van der Waals surface area contributed by atoms with Gasteiger partial charge in [0.1, 0.15) is 5.82 Å². The van der Waals surface area contributed by atoms with Gasteiger partial charge in [0.25, 0.3) is 5.56 Å². The molecule has 2 rings (SSSR count). The number of nitrogens with one attached hydrogen (secondary N) is 1. The monoisotopic (exact) mass is 249 g/mol. The second kappa shape index (κ2) is 4.56. The number of pyridine rings is 1. The highest BCUT2D eigenvalue weighted by molar-refractivity contribution is 5.56. The number of rotatable bonds is 2. The second-order valence-electron chi connectivity index (χ2n) is 4.16. The van der Waals surface area contributed by atoms with E-state index in [0.717, 1.165) is 6.20 Å². The lowest BCUT2D eigenvalue weighted by Gasteiger charge is -2.10. The Hall–Kier alpha value is -2.24. The topological polar surface area (TPSA) is 67.8 Å². The molecule has 5 nitrogen and oxygen atoms in total. The van der Waals surface area contributed by atoms with Crippen molar-refractivity contribution in [3.05, 3.63) is 51.2 Å². The standard InChI is InChI=1S/C12H12FN3O2/c1-7(2)16-6-9(11(17)15-12(16)18)10-4-3-8(13)5-14-10/h3-7H,1-2H3,(H,15,17,18). The molecule has 0 amide bonds. The normalized spacial score (nSPS) is 10.9. The zero-order valence-electron chi connectivity index (χ0n) is 9.98. The first-order chi connectivity index (χ1) is 8.49. The molecule has 0 bridgehead atoms. The van der Waals surface area contributed by atoms with Crippen LogP contribution in [0.4, 0.5) is 4.39 Å². The number of aromatic amines is 1. The molecular weight excluding hydrogens is 237 g/mol. The predicted molar refractivity (Wildman–Crippen MR) is 64.9 cm³/mol. The van der Waals surface area contributed by atoms with Gasteiger partial charge in [-0.05, 0) is 26.0 Å². The molecule has 0 aromatic carbocycles. The first-order valence-corrected chi connectivity index (χ1v) is 5.46. The molecule has 0 spiro atoms. The third-order valence-corrected chi connectivity index (χ3v) is 2.53. The van der Waals surface area contributed by atoms with E-state index < -0.39 is 17.1 Å². The highest BCUT2D eigenvalue weighted by Gasteiger charge is 2.10. The second-order valence-corrected chi connectivity index (χ2v) is 4.16. The minimum atomic E-state index is -0.531. The van der Waals surface area contributed by atoms with E-state index in [4.69, 9.17) is 0 Å². The van der Waals surface area contributed by atoms with Crippen LogP contribution >= 0.6 is 0 Å². The van der Waals surface area contributed by atoms with Crippen molar-refractivity contribution in [1.82, 2.24) is 14.5 Å². The van der Waals surface area contributed by atoms with Gasteiger partial charge >= 0.3 is 5.69 Å². The summed E-state index contributed by atoms with van der Waals surface area (Å²) in [4.78, 5) is 29.3. The summed E-state index contributed by atoms with van der Waals surface area (Å²) in [5, 5.41) is 0. The molecule has 0 fully saturated rings. The minimum absolute atomic E-state index is 0.0893. The lowest BCUT2D eigenvalue weighted by atomic mass is 10.2. The summed E-state index contributed by atoms with van der Waals surface area (Å²) in [7, 11) is 0. The molecule has 6 heteroatoms. The molecule has 2 heterocycles. The Bertz CT molecular complexity index is 671. The summed E-state index contributed by atoms with van der Waals surface area (Å²) in [6.45, 7) is 3.64. The molecule has 0 aliphatic rings. The number of H-pyrrole nitrogens is 1. The molecule has 0 atom stereocenters. The zero-order chi connectivity index (χ0) is 13.3. The lowest BCUT2D eigenvalue weighted by Crippen LogP contribution is -2.31. The van der Waals surface area contributed by atoms with Crippen LogP contribution in [0.5, 0.6) is 0 Å². The van der Waals surface area contributed by atoms with Crippen LogP contribution in [0.3, 0.4) is 0 Å². The van der Waals surface area contributed by atoms with Crippen LogP contribution in [0.1, 0.15) is 19.9 Å². The van der Waals surface area contributed by atoms with E-state index >= 15 is 0 Å². The maximum absolute atomic E-state index is 12.8. The quantitative estimate of drug-likeness (QED) is 0.872. The fraction of sp³-hybridized carbons (Fsp3) is 0.250. The highest BCUT2D eigenvalue weighted by Crippen LogP contribution is 2.12. The van der Waals surface area contributed by atoms with Crippen molar-refractivity contribution in [2.24, 2.45) is 0 Å². The van der Waals surface area contributed by atoms with E-state index in [1.54, 1.807) is 0 Å². The summed E-state index contributed by atoms with van der Waals surface area (Å²) in [5.74, 6) is -0.479. The van der Waals surface area contributed by atoms with Crippen LogP contribution < -0.4 is 11.2 Å². The number of hydrogen-bond acceptors (Lipinski definition) is 3. The van der Waals surface area contributed by atoms with Crippen molar-refractivity contribution < 1.29 is 4.39 Å². The Balaban J connectivity index is 2.64. The van der Waals surface area contributed by atoms with Crippen LogP contribution in [0.25, 0.3) is 11.3 Å². The Labute approximate surface area is 102 Å². The van der Waals surface area contributed by atoms with E-state index in [0.29, 0.717) is 5.69 Å². The van der Waals surface area contributed by atoms with E-state index in [1.165, 1.54) is 22.9 Å². The van der Waals surface area contributed by atoms with Crippen LogP contribution in [0.15, 0.2) is 34.1 Å². The van der Waals surface area contributed by atoms with Crippen molar-refractivity contribution in [3.63, 3.8) is 0 Å². The summed E-state index contributed by atoms with van der Waals surface area (Å²) < 4.78 is 14.2. The van der Waals surface area contributed by atoms with Crippen molar-refractivity contribution in [3.8, 4) is 11.3 Å². The largest absolute Gasteiger partial charge is 0.328 e. The number of hydrogen-bond donors (Lipinski definition) is 1. The fourth-order valence-electron chi connectivity index (χ4n) is 1.59. The Kier molecular flexibility index (Phi) is 3.10. The zero-order valence-corrected chi connectivity index (χ0v) is 9.98. The van der Waals surface area contributed by atoms with E-state index in [9.17, 15) is 14.0 Å². The van der Waals surface area contributed by atoms with Crippen LogP contribution in [-0.2, 0) is 0 Å². The van der Waals surface area contributed by atoms with Gasteiger partial charge in [-0.3, -0.25) is 19.3 Å². The van der Waals surface area contributed by atoms with E-state index in [1.807, 2.05) is 13.8 Å². The Morgan fingerprint density at radius 1 is 1.33 bits per heavy atom. The van der Waals surface area contributed by atoms with Gasteiger partial charge in [0.15, 0.2) is 0 Å². The molecule has 2 aromatic rings. The summed E-state index contributed by atoms with van der Waals surface area (Å²) in [6, 6.07) is 2.52. The van der Waals surface area contributed by atoms with Gasteiger partial charge in [-0.15, -0.1) is 0 Å². The average molecular weight is 249 g/mol. The third-order valence-electron chi connectivity index (χ3n) is 2.53. The number of aromatic nitrogens is 3. The number of nitrogens with zero attached hydrogens (tertiary/aromatic N) is 2. The van der Waals surface area contributed by atoms with Crippen LogP contribution in [-0.4, -0.2) is 14.5 Å². The molecule has 0 aliphatic carbocycles. The first-order valence-electron chi connectivity index (χ1n) is 5.46. The third kappa shape index (κ3) is 2.22. The maximum Gasteiger partial charge on any atom is 0.328 e. The van der Waals surface area contributed by atoms with Crippen molar-refractivity contribution in [2.45, 2.75) is 19.9 Å². The predicted octanol–water partition coefficient (Wildman–Crippen LogP) is 1.32. The SMILES string of the molecule is CC(C)n1cc(-c2ccc(F)cn2)c(=O)[nH]c1=O. The summed E-state index contributed by atoms with van der Waals surface area (Å²) >= 11 is 0. The van der Waals surface area contributed by atoms with E-state index in [2.05, 4.69) is 9.97 Å². The molecule has 0 aliphatic heterocycles. The minimum Gasteiger partial charge on any atom is -0.297 e. The first kappa shape index (κ1) is 12.2. The molecule has 2 aromatic heterocycles. The lowest BCUT2D eigenvalue weighted by molar-refractivity contribution is 0.562. The van der Waals surface area contributed by atoms with Crippen LogP contribution in [0.2, 0.25) is 0 Å². The van der Waals surface area contributed by atoms with Crippen molar-refractivity contribution in [1.29, 1.82) is 0 Å². The van der Waals surface area contributed by atoms with Crippen molar-refractivity contribution in [2.75, 3.05) is 0 Å². The van der Waals surface area contributed by atoms with Gasteiger partial charge in [0.2, 0.25) is 0 Å². The smallest absolute Gasteiger partial charge is 0.297 e. The number of halogens is 1. The van der Waals surface area contributed by atoms with Gasteiger partial charge in [-0.25, -0.2) is 9.18 Å². The molecule has 1 N–H and O–H groups in total. The molecular formula is C12H12FN3O2. The molecule has 0 radical (unpaired) electrons. The molecule has 18 heavy (non-hydrogen) atoms. The summed E-state index contributed by atoms with van der Waals surface area (Å²) in [6.07, 6.45) is 2.46. The Morgan fingerprint density at radius 3 is 2.61 bits per heavy atom. The molecule has 0 unspecified atom stereocenters. The van der Waals surface area contributed by atoms with E-state index in [-0.39, 0.29) is 11.6 Å². The van der Waals surface area contributed by atoms with Gasteiger partial charge in [-0.1, -0.05) is 0 Å². The van der Waals surface area contributed by atoms with Gasteiger partial charge in [-0.2, -0.15) is 0 Å². The van der Waals surface area contributed by atoms with Gasteiger partial charge in [0, 0.05) is 12.2 Å². The van der Waals surface area contributed by atoms with Crippen molar-refractivity contribution >= 4 is 0 Å². The Morgan fingerprint density at radius 2 is 2.06 bits per heavy atom. The highest BCUT2D eigenvalue weighted by atomic mass is 19.1. The fourth-order valence-corrected chi connectivity index (χ4v) is 1.59.